The lowest BCUT2D eigenvalue weighted by Crippen LogP contribution is -2.17. The van der Waals surface area contributed by atoms with Crippen molar-refractivity contribution in [2.75, 3.05) is 6.61 Å². The van der Waals surface area contributed by atoms with Crippen molar-refractivity contribution in [3.05, 3.63) is 29.3 Å². The van der Waals surface area contributed by atoms with E-state index in [0.29, 0.717) is 24.5 Å². The summed E-state index contributed by atoms with van der Waals surface area (Å²) in [6.45, 7) is 2.24. The summed E-state index contributed by atoms with van der Waals surface area (Å²) in [6.07, 6.45) is 5.07. The first kappa shape index (κ1) is 16.0. The van der Waals surface area contributed by atoms with Crippen LogP contribution in [-0.4, -0.2) is 21.0 Å². The van der Waals surface area contributed by atoms with Crippen molar-refractivity contribution in [3.8, 4) is 0 Å². The van der Waals surface area contributed by atoms with Crippen LogP contribution >= 0.6 is 0 Å². The standard InChI is InChI=1S/C15H21NO4S/c1-2-12-7-8-13(9-14(12)21(16,18)19)15(17)20-10-11-5-3-4-6-11/h7-9,11H,2-6,10H2,1H3,(H2,16,18,19). The molecule has 0 aromatic heterocycles. The molecule has 2 N–H and O–H groups in total. The predicted molar refractivity (Wildman–Crippen MR) is 79.4 cm³/mol. The minimum absolute atomic E-state index is 0.000293. The summed E-state index contributed by atoms with van der Waals surface area (Å²) >= 11 is 0. The van der Waals surface area contributed by atoms with E-state index < -0.39 is 16.0 Å². The molecule has 0 heterocycles. The van der Waals surface area contributed by atoms with Gasteiger partial charge in [-0.3, -0.25) is 0 Å². The molecule has 1 aromatic carbocycles. The van der Waals surface area contributed by atoms with Crippen molar-refractivity contribution < 1.29 is 17.9 Å². The van der Waals surface area contributed by atoms with Gasteiger partial charge in [0.25, 0.3) is 0 Å². The van der Waals surface area contributed by atoms with Crippen LogP contribution in [0.1, 0.15) is 48.5 Å². The molecule has 1 aromatic rings. The molecule has 21 heavy (non-hydrogen) atoms. The number of carbonyl (C=O) groups is 1. The van der Waals surface area contributed by atoms with Crippen LogP contribution in [0.5, 0.6) is 0 Å². The number of benzene rings is 1. The topological polar surface area (TPSA) is 86.5 Å². The lowest BCUT2D eigenvalue weighted by atomic mass is 10.1. The van der Waals surface area contributed by atoms with Crippen LogP contribution in [0.2, 0.25) is 0 Å². The van der Waals surface area contributed by atoms with E-state index in [9.17, 15) is 13.2 Å². The fraction of sp³-hybridized carbons (Fsp3) is 0.533. The van der Waals surface area contributed by atoms with Crippen LogP contribution in [0.15, 0.2) is 23.1 Å². The van der Waals surface area contributed by atoms with Gasteiger partial charge in [-0.2, -0.15) is 0 Å². The van der Waals surface area contributed by atoms with E-state index in [1.54, 1.807) is 12.1 Å². The first-order chi connectivity index (χ1) is 9.91. The van der Waals surface area contributed by atoms with Gasteiger partial charge in [0.05, 0.1) is 17.1 Å². The van der Waals surface area contributed by atoms with Gasteiger partial charge in [-0.05, 0) is 42.9 Å². The lowest BCUT2D eigenvalue weighted by Gasteiger charge is -2.11. The van der Waals surface area contributed by atoms with Crippen LogP contribution < -0.4 is 5.14 Å². The average molecular weight is 311 g/mol. The van der Waals surface area contributed by atoms with Crippen molar-refractivity contribution in [2.45, 2.75) is 43.9 Å². The highest BCUT2D eigenvalue weighted by Gasteiger charge is 2.20. The second-order valence-corrected chi connectivity index (χ2v) is 7.00. The van der Waals surface area contributed by atoms with Gasteiger partial charge in [0.2, 0.25) is 10.0 Å². The van der Waals surface area contributed by atoms with Crippen LogP contribution in [-0.2, 0) is 21.2 Å². The molecule has 1 fully saturated rings. The summed E-state index contributed by atoms with van der Waals surface area (Å²) < 4.78 is 28.4. The van der Waals surface area contributed by atoms with Crippen LogP contribution in [0.4, 0.5) is 0 Å². The number of primary sulfonamides is 1. The number of aryl methyl sites for hydroxylation is 1. The number of nitrogens with two attached hydrogens (primary N) is 1. The van der Waals surface area contributed by atoms with E-state index in [0.717, 1.165) is 12.8 Å². The van der Waals surface area contributed by atoms with Crippen molar-refractivity contribution in [1.82, 2.24) is 0 Å². The third-order valence-electron chi connectivity index (χ3n) is 3.92. The molecule has 0 amide bonds. The van der Waals surface area contributed by atoms with Gasteiger partial charge < -0.3 is 4.74 Å². The Morgan fingerprint density at radius 3 is 2.57 bits per heavy atom. The summed E-state index contributed by atoms with van der Waals surface area (Å²) in [6, 6.07) is 4.52. The minimum Gasteiger partial charge on any atom is -0.462 e. The van der Waals surface area contributed by atoms with Crippen molar-refractivity contribution >= 4 is 16.0 Å². The van der Waals surface area contributed by atoms with Crippen molar-refractivity contribution in [2.24, 2.45) is 11.1 Å². The summed E-state index contributed by atoms with van der Waals surface area (Å²) in [5.74, 6) is -0.0592. The highest BCUT2D eigenvalue weighted by molar-refractivity contribution is 7.89. The average Bonchev–Trinajstić information content (AvgIpc) is 2.96. The molecule has 0 unspecified atom stereocenters. The zero-order chi connectivity index (χ0) is 15.5. The van der Waals surface area contributed by atoms with Gasteiger partial charge in [-0.1, -0.05) is 25.8 Å². The van der Waals surface area contributed by atoms with Crippen LogP contribution in [0.25, 0.3) is 0 Å². The first-order valence-electron chi connectivity index (χ1n) is 7.24. The number of esters is 1. The number of hydrogen-bond donors (Lipinski definition) is 1. The molecule has 0 spiro atoms. The van der Waals surface area contributed by atoms with Crippen LogP contribution in [0.3, 0.4) is 0 Å². The normalized spacial score (nSPS) is 16.1. The first-order valence-corrected chi connectivity index (χ1v) is 8.79. The molecule has 1 aliphatic rings. The highest BCUT2D eigenvalue weighted by atomic mass is 32.2. The molecule has 6 heteroatoms. The number of carbonyl (C=O) groups excluding carboxylic acids is 1. The number of hydrogen-bond acceptors (Lipinski definition) is 4. The molecular weight excluding hydrogens is 290 g/mol. The molecule has 1 aliphatic carbocycles. The van der Waals surface area contributed by atoms with Gasteiger partial charge in [0.1, 0.15) is 0 Å². The Bertz CT molecular complexity index is 619. The quantitative estimate of drug-likeness (QED) is 0.845. The molecule has 0 saturated heterocycles. The Balaban J connectivity index is 2.13. The molecule has 0 radical (unpaired) electrons. The van der Waals surface area contributed by atoms with E-state index >= 15 is 0 Å². The fourth-order valence-electron chi connectivity index (χ4n) is 2.69. The van der Waals surface area contributed by atoms with Gasteiger partial charge in [0, 0.05) is 0 Å². The maximum Gasteiger partial charge on any atom is 0.338 e. The molecule has 0 atom stereocenters. The number of ether oxygens (including phenoxy) is 1. The number of sulfonamides is 1. The Morgan fingerprint density at radius 1 is 1.33 bits per heavy atom. The van der Waals surface area contributed by atoms with E-state index in [2.05, 4.69) is 0 Å². The van der Waals surface area contributed by atoms with Gasteiger partial charge in [-0.15, -0.1) is 0 Å². The summed E-state index contributed by atoms with van der Waals surface area (Å²) in [7, 11) is -3.84. The molecular formula is C15H21NO4S. The van der Waals surface area contributed by atoms with E-state index in [1.165, 1.54) is 18.9 Å². The minimum atomic E-state index is -3.84. The summed E-state index contributed by atoms with van der Waals surface area (Å²) in [4.78, 5) is 12.0. The third-order valence-corrected chi connectivity index (χ3v) is 4.91. The van der Waals surface area contributed by atoms with E-state index in [1.807, 2.05) is 6.92 Å². The Hall–Kier alpha value is -1.40. The fourth-order valence-corrected chi connectivity index (χ4v) is 3.56. The Labute approximate surface area is 125 Å². The Kier molecular flexibility index (Phi) is 5.00. The van der Waals surface area contributed by atoms with Gasteiger partial charge in [-0.25, -0.2) is 18.4 Å². The summed E-state index contributed by atoms with van der Waals surface area (Å²) in [5.41, 5.74) is 0.832. The van der Waals surface area contributed by atoms with Gasteiger partial charge in [0.15, 0.2) is 0 Å². The molecule has 2 rings (SSSR count). The zero-order valence-corrected chi connectivity index (χ0v) is 13.0. The smallest absolute Gasteiger partial charge is 0.338 e. The maximum atomic E-state index is 12.0. The lowest BCUT2D eigenvalue weighted by molar-refractivity contribution is 0.0442. The second-order valence-electron chi connectivity index (χ2n) is 5.47. The molecule has 0 aliphatic heterocycles. The van der Waals surface area contributed by atoms with Crippen LogP contribution in [0, 0.1) is 5.92 Å². The molecule has 1 saturated carbocycles. The second kappa shape index (κ2) is 6.58. The molecule has 5 nitrogen and oxygen atoms in total. The van der Waals surface area contributed by atoms with E-state index in [-0.39, 0.29) is 10.5 Å². The monoisotopic (exact) mass is 311 g/mol. The summed E-state index contributed by atoms with van der Waals surface area (Å²) in [5, 5.41) is 5.20. The highest BCUT2D eigenvalue weighted by Crippen LogP contribution is 2.25. The van der Waals surface area contributed by atoms with Crippen molar-refractivity contribution in [1.29, 1.82) is 0 Å². The third kappa shape index (κ3) is 4.04. The maximum absolute atomic E-state index is 12.0. The predicted octanol–water partition coefficient (Wildman–Crippen LogP) is 2.24. The SMILES string of the molecule is CCc1ccc(C(=O)OCC2CCCC2)cc1S(N)(=O)=O. The van der Waals surface area contributed by atoms with E-state index in [4.69, 9.17) is 9.88 Å². The van der Waals surface area contributed by atoms with Gasteiger partial charge >= 0.3 is 5.97 Å². The molecule has 116 valence electrons. The largest absolute Gasteiger partial charge is 0.462 e. The zero-order valence-electron chi connectivity index (χ0n) is 12.2. The van der Waals surface area contributed by atoms with Crippen molar-refractivity contribution in [3.63, 3.8) is 0 Å². The number of rotatable bonds is 5. The Morgan fingerprint density at radius 2 is 2.00 bits per heavy atom. The molecule has 0 bridgehead atoms.